The third-order valence-electron chi connectivity index (χ3n) is 2.82. The summed E-state index contributed by atoms with van der Waals surface area (Å²) in [5, 5.41) is 0. The molecule has 2 rings (SSSR count). The average Bonchev–Trinajstić information content (AvgIpc) is 2.68. The molecule has 1 atom stereocenters. The maximum absolute atomic E-state index is 12.5. The van der Waals surface area contributed by atoms with E-state index in [2.05, 4.69) is 31.9 Å². The summed E-state index contributed by atoms with van der Waals surface area (Å²) in [6.45, 7) is 0. The van der Waals surface area contributed by atoms with Gasteiger partial charge in [0.25, 0.3) is 0 Å². The number of rotatable bonds is 3. The van der Waals surface area contributed by atoms with Gasteiger partial charge < -0.3 is 5.73 Å². The minimum absolute atomic E-state index is 0.260. The Morgan fingerprint density at radius 1 is 1.15 bits per heavy atom. The fraction of sp³-hybridized carbons (Fsp3) is 0.231. The maximum atomic E-state index is 12.5. The van der Waals surface area contributed by atoms with E-state index < -0.39 is 11.7 Å². The fourth-order valence-electron chi connectivity index (χ4n) is 1.80. The molecule has 0 aliphatic heterocycles. The van der Waals surface area contributed by atoms with Gasteiger partial charge in [-0.25, -0.2) is 0 Å². The molecule has 0 amide bonds. The minimum atomic E-state index is -4.30. The SMILES string of the molecule is NC(Cc1ccc(C(F)(F)F)cc1)c1cc(Br)sc1Br. The van der Waals surface area contributed by atoms with E-state index in [1.165, 1.54) is 23.5 Å². The van der Waals surface area contributed by atoms with E-state index in [-0.39, 0.29) is 6.04 Å². The van der Waals surface area contributed by atoms with Crippen molar-refractivity contribution in [2.45, 2.75) is 18.6 Å². The molecule has 7 heteroatoms. The van der Waals surface area contributed by atoms with Crippen molar-refractivity contribution in [3.8, 4) is 0 Å². The van der Waals surface area contributed by atoms with E-state index in [0.29, 0.717) is 6.42 Å². The molecular formula is C13H10Br2F3NS. The molecule has 0 bridgehead atoms. The molecular weight excluding hydrogens is 419 g/mol. The molecule has 2 aromatic rings. The monoisotopic (exact) mass is 427 g/mol. The Morgan fingerprint density at radius 2 is 1.75 bits per heavy atom. The van der Waals surface area contributed by atoms with Crippen LogP contribution in [0.3, 0.4) is 0 Å². The van der Waals surface area contributed by atoms with Crippen LogP contribution < -0.4 is 5.73 Å². The molecule has 1 aromatic carbocycles. The second-order valence-electron chi connectivity index (χ2n) is 4.28. The zero-order chi connectivity index (χ0) is 14.9. The number of nitrogens with two attached hydrogens (primary N) is 1. The van der Waals surface area contributed by atoms with Crippen molar-refractivity contribution in [2.75, 3.05) is 0 Å². The molecule has 20 heavy (non-hydrogen) atoms. The maximum Gasteiger partial charge on any atom is 0.416 e. The molecule has 1 unspecified atom stereocenters. The lowest BCUT2D eigenvalue weighted by Gasteiger charge is -2.12. The summed E-state index contributed by atoms with van der Waals surface area (Å²) >= 11 is 8.32. The van der Waals surface area contributed by atoms with Crippen LogP contribution in [0.5, 0.6) is 0 Å². The second kappa shape index (κ2) is 6.17. The Bertz CT molecular complexity index is 593. The summed E-state index contributed by atoms with van der Waals surface area (Å²) < 4.78 is 39.3. The van der Waals surface area contributed by atoms with Gasteiger partial charge in [-0.2, -0.15) is 13.2 Å². The van der Waals surface area contributed by atoms with Crippen molar-refractivity contribution in [1.82, 2.24) is 0 Å². The zero-order valence-corrected chi connectivity index (χ0v) is 14.0. The van der Waals surface area contributed by atoms with Gasteiger partial charge in [0.05, 0.1) is 13.1 Å². The smallest absolute Gasteiger partial charge is 0.324 e. The zero-order valence-electron chi connectivity index (χ0n) is 10.0. The van der Waals surface area contributed by atoms with Crippen LogP contribution in [0.1, 0.15) is 22.7 Å². The first-order valence-electron chi connectivity index (χ1n) is 5.64. The lowest BCUT2D eigenvalue weighted by Crippen LogP contribution is -2.13. The van der Waals surface area contributed by atoms with Crippen molar-refractivity contribution in [3.63, 3.8) is 0 Å². The van der Waals surface area contributed by atoms with E-state index >= 15 is 0 Å². The highest BCUT2D eigenvalue weighted by Crippen LogP contribution is 2.36. The standard InChI is InChI=1S/C13H10Br2F3NS/c14-11-6-9(12(15)20-11)10(19)5-7-1-3-8(4-2-7)13(16,17)18/h1-4,6,10H,5,19H2. The first-order chi connectivity index (χ1) is 9.27. The van der Waals surface area contributed by atoms with Gasteiger partial charge in [0.15, 0.2) is 0 Å². The molecule has 0 saturated heterocycles. The van der Waals surface area contributed by atoms with Crippen LogP contribution in [-0.2, 0) is 12.6 Å². The van der Waals surface area contributed by atoms with Crippen LogP contribution in [0.15, 0.2) is 37.9 Å². The van der Waals surface area contributed by atoms with Gasteiger partial charge in [-0.05, 0) is 67.6 Å². The molecule has 108 valence electrons. The Labute approximate surface area is 135 Å². The van der Waals surface area contributed by atoms with E-state index in [1.807, 2.05) is 6.07 Å². The lowest BCUT2D eigenvalue weighted by molar-refractivity contribution is -0.137. The number of halogens is 5. The summed E-state index contributed by atoms with van der Waals surface area (Å²) in [4.78, 5) is 0. The third kappa shape index (κ3) is 3.84. The molecule has 0 saturated carbocycles. The van der Waals surface area contributed by atoms with Gasteiger partial charge in [-0.15, -0.1) is 11.3 Å². The van der Waals surface area contributed by atoms with Crippen LogP contribution in [0.25, 0.3) is 0 Å². The van der Waals surface area contributed by atoms with E-state index in [4.69, 9.17) is 5.73 Å². The number of benzene rings is 1. The second-order valence-corrected chi connectivity index (χ2v) is 8.03. The molecule has 1 nitrogen and oxygen atoms in total. The number of hydrogen-bond acceptors (Lipinski definition) is 2. The fourth-order valence-corrected chi connectivity index (χ4v) is 4.80. The summed E-state index contributed by atoms with van der Waals surface area (Å²) in [6.07, 6.45) is -3.82. The van der Waals surface area contributed by atoms with Gasteiger partial charge in [-0.3, -0.25) is 0 Å². The van der Waals surface area contributed by atoms with E-state index in [0.717, 1.165) is 30.8 Å². The lowest BCUT2D eigenvalue weighted by atomic mass is 10.0. The predicted octanol–water partition coefficient (Wildman–Crippen LogP) is 5.53. The van der Waals surface area contributed by atoms with Gasteiger partial charge >= 0.3 is 6.18 Å². The molecule has 0 aliphatic carbocycles. The summed E-state index contributed by atoms with van der Waals surface area (Å²) in [6, 6.07) is 6.77. The van der Waals surface area contributed by atoms with E-state index in [1.54, 1.807) is 0 Å². The van der Waals surface area contributed by atoms with Crippen molar-refractivity contribution in [1.29, 1.82) is 0 Å². The summed E-state index contributed by atoms with van der Waals surface area (Å²) in [7, 11) is 0. The Kier molecular flexibility index (Phi) is 4.94. The average molecular weight is 429 g/mol. The predicted molar refractivity (Wildman–Crippen MR) is 81.8 cm³/mol. The Hall–Kier alpha value is -0.370. The van der Waals surface area contributed by atoms with Crippen LogP contribution in [-0.4, -0.2) is 0 Å². The number of alkyl halides is 3. The third-order valence-corrected chi connectivity index (χ3v) is 5.21. The number of hydrogen-bond donors (Lipinski definition) is 1. The molecule has 2 N–H and O–H groups in total. The molecule has 0 spiro atoms. The van der Waals surface area contributed by atoms with Crippen molar-refractivity contribution in [2.24, 2.45) is 5.73 Å². The van der Waals surface area contributed by atoms with Crippen LogP contribution >= 0.6 is 43.2 Å². The normalized spacial score (nSPS) is 13.5. The van der Waals surface area contributed by atoms with E-state index in [9.17, 15) is 13.2 Å². The molecule has 1 heterocycles. The van der Waals surface area contributed by atoms with Crippen molar-refractivity contribution in [3.05, 3.63) is 54.6 Å². The first-order valence-corrected chi connectivity index (χ1v) is 8.04. The molecule has 0 aliphatic rings. The molecule has 1 aromatic heterocycles. The van der Waals surface area contributed by atoms with Crippen LogP contribution in [0, 0.1) is 0 Å². The Morgan fingerprint density at radius 3 is 2.20 bits per heavy atom. The molecule has 0 fully saturated rings. The highest BCUT2D eigenvalue weighted by molar-refractivity contribution is 9.12. The largest absolute Gasteiger partial charge is 0.416 e. The topological polar surface area (TPSA) is 26.0 Å². The highest BCUT2D eigenvalue weighted by Gasteiger charge is 2.30. The highest BCUT2D eigenvalue weighted by atomic mass is 79.9. The first kappa shape index (κ1) is 16.0. The van der Waals surface area contributed by atoms with Crippen LogP contribution in [0.4, 0.5) is 13.2 Å². The van der Waals surface area contributed by atoms with Gasteiger partial charge in [0, 0.05) is 6.04 Å². The van der Waals surface area contributed by atoms with Gasteiger partial charge in [0.2, 0.25) is 0 Å². The quantitative estimate of drug-likeness (QED) is 0.682. The summed E-state index contributed by atoms with van der Waals surface area (Å²) in [5.41, 5.74) is 7.18. The summed E-state index contributed by atoms with van der Waals surface area (Å²) in [5.74, 6) is 0. The number of thiophene rings is 1. The van der Waals surface area contributed by atoms with Gasteiger partial charge in [-0.1, -0.05) is 12.1 Å². The van der Waals surface area contributed by atoms with Crippen LogP contribution in [0.2, 0.25) is 0 Å². The van der Waals surface area contributed by atoms with Crippen molar-refractivity contribution < 1.29 is 13.2 Å². The Balaban J connectivity index is 2.12. The van der Waals surface area contributed by atoms with Crippen molar-refractivity contribution >= 4 is 43.2 Å². The molecule has 0 radical (unpaired) electrons. The van der Waals surface area contributed by atoms with Gasteiger partial charge in [0.1, 0.15) is 0 Å². The minimum Gasteiger partial charge on any atom is -0.324 e.